The second-order valence-electron chi connectivity index (χ2n) is 5.81. The summed E-state index contributed by atoms with van der Waals surface area (Å²) >= 11 is 5.95. The van der Waals surface area contributed by atoms with E-state index in [2.05, 4.69) is 5.32 Å². The Labute approximate surface area is 162 Å². The predicted octanol–water partition coefficient (Wildman–Crippen LogP) is 3.57. The summed E-state index contributed by atoms with van der Waals surface area (Å²) in [7, 11) is 3.08. The van der Waals surface area contributed by atoms with Gasteiger partial charge in [0.1, 0.15) is 5.70 Å². The van der Waals surface area contributed by atoms with Crippen LogP contribution in [0.15, 0.2) is 48.2 Å². The van der Waals surface area contributed by atoms with E-state index in [-0.39, 0.29) is 24.1 Å². The highest BCUT2D eigenvalue weighted by atomic mass is 35.5. The summed E-state index contributed by atoms with van der Waals surface area (Å²) in [6.45, 7) is 2.04. The van der Waals surface area contributed by atoms with Gasteiger partial charge in [-0.15, -0.1) is 0 Å². The maximum absolute atomic E-state index is 12.8. The van der Waals surface area contributed by atoms with E-state index in [4.69, 9.17) is 21.1 Å². The molecule has 0 saturated carbocycles. The first-order valence-electron chi connectivity index (χ1n) is 8.35. The van der Waals surface area contributed by atoms with Gasteiger partial charge < -0.3 is 14.8 Å². The molecule has 3 rings (SSSR count). The van der Waals surface area contributed by atoms with E-state index >= 15 is 0 Å². The first-order valence-corrected chi connectivity index (χ1v) is 8.73. The number of methoxy groups -OCH3 is 2. The molecule has 0 unspecified atom stereocenters. The minimum absolute atomic E-state index is 0.219. The van der Waals surface area contributed by atoms with Crippen molar-refractivity contribution in [2.24, 2.45) is 0 Å². The van der Waals surface area contributed by atoms with Gasteiger partial charge in [0.25, 0.3) is 11.8 Å². The van der Waals surface area contributed by atoms with E-state index in [0.29, 0.717) is 33.3 Å². The summed E-state index contributed by atoms with van der Waals surface area (Å²) in [5.41, 5.74) is 1.76. The summed E-state index contributed by atoms with van der Waals surface area (Å²) in [5.74, 6) is 0.370. The van der Waals surface area contributed by atoms with Crippen molar-refractivity contribution >= 4 is 34.7 Å². The molecule has 1 aliphatic rings. The standard InChI is InChI=1S/C20H19ClN2O4/c1-4-23-19(24)17(12-5-7-13(21)8-6-12)18(20(23)25)22-14-9-10-15(26-2)16(11-14)27-3/h5-11,22H,4H2,1-3H3. The van der Waals surface area contributed by atoms with Crippen LogP contribution in [0, 0.1) is 0 Å². The van der Waals surface area contributed by atoms with Crippen LogP contribution >= 0.6 is 11.6 Å². The second kappa shape index (κ2) is 7.72. The van der Waals surface area contributed by atoms with Crippen LogP contribution in [0.5, 0.6) is 11.5 Å². The molecule has 7 heteroatoms. The van der Waals surface area contributed by atoms with Crippen molar-refractivity contribution in [1.29, 1.82) is 0 Å². The molecule has 0 bridgehead atoms. The number of benzene rings is 2. The molecule has 1 aliphatic heterocycles. The van der Waals surface area contributed by atoms with Gasteiger partial charge in [-0.05, 0) is 36.8 Å². The molecular formula is C20H19ClN2O4. The van der Waals surface area contributed by atoms with Gasteiger partial charge in [-0.1, -0.05) is 23.7 Å². The normalized spacial score (nSPS) is 14.0. The minimum Gasteiger partial charge on any atom is -0.493 e. The number of halogens is 1. The fourth-order valence-corrected chi connectivity index (χ4v) is 3.05. The van der Waals surface area contributed by atoms with Gasteiger partial charge in [0.15, 0.2) is 11.5 Å². The molecule has 0 atom stereocenters. The smallest absolute Gasteiger partial charge is 0.278 e. The van der Waals surface area contributed by atoms with E-state index in [9.17, 15) is 9.59 Å². The number of nitrogens with zero attached hydrogens (tertiary/aromatic N) is 1. The molecule has 2 aromatic rings. The van der Waals surface area contributed by atoms with Crippen molar-refractivity contribution in [1.82, 2.24) is 4.90 Å². The number of anilines is 1. The number of ether oxygens (including phenoxy) is 2. The first kappa shape index (κ1) is 18.8. The van der Waals surface area contributed by atoms with Crippen molar-refractivity contribution in [3.05, 3.63) is 58.7 Å². The Balaban J connectivity index is 2.06. The molecule has 27 heavy (non-hydrogen) atoms. The molecule has 140 valence electrons. The summed E-state index contributed by atoms with van der Waals surface area (Å²) in [4.78, 5) is 26.8. The lowest BCUT2D eigenvalue weighted by Crippen LogP contribution is -2.32. The molecule has 2 aromatic carbocycles. The molecule has 6 nitrogen and oxygen atoms in total. The van der Waals surface area contributed by atoms with E-state index in [1.807, 2.05) is 0 Å². The lowest BCUT2D eigenvalue weighted by Gasteiger charge is -2.13. The first-order chi connectivity index (χ1) is 13.0. The summed E-state index contributed by atoms with van der Waals surface area (Å²) in [5, 5.41) is 3.63. The van der Waals surface area contributed by atoms with Crippen LogP contribution in [0.3, 0.4) is 0 Å². The predicted molar refractivity (Wildman–Crippen MR) is 104 cm³/mol. The van der Waals surface area contributed by atoms with Gasteiger partial charge in [0, 0.05) is 23.3 Å². The van der Waals surface area contributed by atoms with Crippen molar-refractivity contribution in [2.45, 2.75) is 6.92 Å². The molecule has 0 fully saturated rings. The van der Waals surface area contributed by atoms with Crippen molar-refractivity contribution in [3.8, 4) is 11.5 Å². The SMILES string of the molecule is CCN1C(=O)C(Nc2ccc(OC)c(OC)c2)=C(c2ccc(Cl)cc2)C1=O. The van der Waals surface area contributed by atoms with Crippen molar-refractivity contribution in [2.75, 3.05) is 26.1 Å². The van der Waals surface area contributed by atoms with Crippen LogP contribution < -0.4 is 14.8 Å². The highest BCUT2D eigenvalue weighted by molar-refractivity contribution is 6.36. The van der Waals surface area contributed by atoms with Crippen LogP contribution in [-0.4, -0.2) is 37.5 Å². The zero-order chi connectivity index (χ0) is 19.6. The second-order valence-corrected chi connectivity index (χ2v) is 6.24. The Morgan fingerprint density at radius 2 is 1.63 bits per heavy atom. The Bertz CT molecular complexity index is 922. The topological polar surface area (TPSA) is 67.9 Å². The third-order valence-corrected chi connectivity index (χ3v) is 4.52. The molecule has 2 amide bonds. The molecule has 1 heterocycles. The monoisotopic (exact) mass is 386 g/mol. The van der Waals surface area contributed by atoms with Gasteiger partial charge in [0.05, 0.1) is 19.8 Å². The van der Waals surface area contributed by atoms with E-state index in [1.165, 1.54) is 12.0 Å². The molecule has 1 N–H and O–H groups in total. The maximum atomic E-state index is 12.8. The van der Waals surface area contributed by atoms with Crippen LogP contribution in [0.2, 0.25) is 5.02 Å². The largest absolute Gasteiger partial charge is 0.493 e. The quantitative estimate of drug-likeness (QED) is 0.769. The van der Waals surface area contributed by atoms with Crippen LogP contribution in [0.1, 0.15) is 12.5 Å². The summed E-state index contributed by atoms with van der Waals surface area (Å²) in [6, 6.07) is 12.0. The Morgan fingerprint density at radius 1 is 0.963 bits per heavy atom. The number of nitrogens with one attached hydrogen (secondary N) is 1. The number of rotatable bonds is 6. The van der Waals surface area contributed by atoms with E-state index < -0.39 is 0 Å². The summed E-state index contributed by atoms with van der Waals surface area (Å²) < 4.78 is 10.5. The molecular weight excluding hydrogens is 368 g/mol. The molecule has 0 aliphatic carbocycles. The molecule has 0 aromatic heterocycles. The number of carbonyl (C=O) groups excluding carboxylic acids is 2. The van der Waals surface area contributed by atoms with Gasteiger partial charge in [-0.25, -0.2) is 0 Å². The molecule has 0 radical (unpaired) electrons. The summed E-state index contributed by atoms with van der Waals surface area (Å²) in [6.07, 6.45) is 0. The number of imide groups is 1. The van der Waals surface area contributed by atoms with E-state index in [1.54, 1.807) is 56.5 Å². The third kappa shape index (κ3) is 3.48. The zero-order valence-electron chi connectivity index (χ0n) is 15.2. The zero-order valence-corrected chi connectivity index (χ0v) is 16.0. The van der Waals surface area contributed by atoms with Crippen molar-refractivity contribution < 1.29 is 19.1 Å². The average Bonchev–Trinajstić information content (AvgIpc) is 2.91. The van der Waals surface area contributed by atoms with Gasteiger partial charge in [-0.2, -0.15) is 0 Å². The number of hydrogen-bond donors (Lipinski definition) is 1. The van der Waals surface area contributed by atoms with Gasteiger partial charge >= 0.3 is 0 Å². The fraction of sp³-hybridized carbons (Fsp3) is 0.200. The number of likely N-dealkylation sites (N-methyl/N-ethyl adjacent to an activating group) is 1. The molecule has 0 saturated heterocycles. The molecule has 0 spiro atoms. The number of carbonyl (C=O) groups is 2. The fourth-order valence-electron chi connectivity index (χ4n) is 2.92. The highest BCUT2D eigenvalue weighted by Gasteiger charge is 2.38. The van der Waals surface area contributed by atoms with Crippen LogP contribution in [0.25, 0.3) is 5.57 Å². The number of amides is 2. The lowest BCUT2D eigenvalue weighted by atomic mass is 10.0. The highest BCUT2D eigenvalue weighted by Crippen LogP contribution is 2.34. The van der Waals surface area contributed by atoms with Crippen LogP contribution in [0.4, 0.5) is 5.69 Å². The van der Waals surface area contributed by atoms with Gasteiger partial charge in [0.2, 0.25) is 0 Å². The van der Waals surface area contributed by atoms with E-state index in [0.717, 1.165) is 0 Å². The Morgan fingerprint density at radius 3 is 2.22 bits per heavy atom. The Hall–Kier alpha value is -2.99. The van der Waals surface area contributed by atoms with Crippen LogP contribution in [-0.2, 0) is 9.59 Å². The third-order valence-electron chi connectivity index (χ3n) is 4.27. The number of hydrogen-bond acceptors (Lipinski definition) is 5. The van der Waals surface area contributed by atoms with Crippen molar-refractivity contribution in [3.63, 3.8) is 0 Å². The average molecular weight is 387 g/mol. The lowest BCUT2D eigenvalue weighted by molar-refractivity contribution is -0.136. The minimum atomic E-state index is -0.373. The van der Waals surface area contributed by atoms with Gasteiger partial charge in [-0.3, -0.25) is 14.5 Å². The Kier molecular flexibility index (Phi) is 5.37. The maximum Gasteiger partial charge on any atom is 0.278 e.